The lowest BCUT2D eigenvalue weighted by Gasteiger charge is -2.12. The standard InChI is InChI=1S/C12H15BrO2/c13-10-7-8-15-12(10)11(14)9-5-3-1-2-4-6-9/h5,7-8,11,14H,1-4,6H2. The highest BCUT2D eigenvalue weighted by atomic mass is 79.9. The van der Waals surface area contributed by atoms with Crippen molar-refractivity contribution in [3.05, 3.63) is 34.2 Å². The molecule has 1 aromatic rings. The number of hydrogen-bond donors (Lipinski definition) is 1. The molecule has 1 aromatic heterocycles. The van der Waals surface area contributed by atoms with Gasteiger partial charge in [-0.15, -0.1) is 0 Å². The maximum atomic E-state index is 10.1. The van der Waals surface area contributed by atoms with Gasteiger partial charge in [0, 0.05) is 0 Å². The summed E-state index contributed by atoms with van der Waals surface area (Å²) in [5, 5.41) is 10.1. The van der Waals surface area contributed by atoms with Gasteiger partial charge in [0.1, 0.15) is 6.10 Å². The molecule has 0 aromatic carbocycles. The zero-order valence-electron chi connectivity index (χ0n) is 8.58. The Kier molecular flexibility index (Phi) is 3.65. The van der Waals surface area contributed by atoms with Crippen LogP contribution in [0.15, 0.2) is 32.9 Å². The molecule has 0 amide bonds. The Balaban J connectivity index is 2.16. The summed E-state index contributed by atoms with van der Waals surface area (Å²) in [5.74, 6) is 0.628. The van der Waals surface area contributed by atoms with E-state index in [1.54, 1.807) is 6.26 Å². The number of hydrogen-bond acceptors (Lipinski definition) is 2. The number of furan rings is 1. The zero-order chi connectivity index (χ0) is 10.7. The Bertz CT molecular complexity index is 354. The van der Waals surface area contributed by atoms with E-state index in [0.717, 1.165) is 22.9 Å². The molecule has 1 unspecified atom stereocenters. The topological polar surface area (TPSA) is 33.4 Å². The fraction of sp³-hybridized carbons (Fsp3) is 0.500. The molecule has 0 radical (unpaired) electrons. The van der Waals surface area contributed by atoms with Gasteiger partial charge in [0.05, 0.1) is 10.7 Å². The van der Waals surface area contributed by atoms with Crippen molar-refractivity contribution >= 4 is 15.9 Å². The molecule has 0 fully saturated rings. The number of aliphatic hydroxyl groups excluding tert-OH is 1. The maximum Gasteiger partial charge on any atom is 0.150 e. The molecule has 1 aliphatic rings. The second-order valence-corrected chi connectivity index (χ2v) is 4.77. The molecule has 2 nitrogen and oxygen atoms in total. The second kappa shape index (κ2) is 4.99. The highest BCUT2D eigenvalue weighted by Gasteiger charge is 2.19. The summed E-state index contributed by atoms with van der Waals surface area (Å²) in [5.41, 5.74) is 1.10. The highest BCUT2D eigenvalue weighted by Crippen LogP contribution is 2.33. The third-order valence-corrected chi connectivity index (χ3v) is 3.48. The molecule has 0 bridgehead atoms. The minimum Gasteiger partial charge on any atom is -0.465 e. The van der Waals surface area contributed by atoms with Crippen LogP contribution in [0.2, 0.25) is 0 Å². The van der Waals surface area contributed by atoms with Crippen LogP contribution in [0.3, 0.4) is 0 Å². The van der Waals surface area contributed by atoms with Crippen molar-refractivity contribution in [2.24, 2.45) is 0 Å². The van der Waals surface area contributed by atoms with Gasteiger partial charge in [-0.1, -0.05) is 12.5 Å². The van der Waals surface area contributed by atoms with Crippen molar-refractivity contribution in [1.82, 2.24) is 0 Å². The van der Waals surface area contributed by atoms with E-state index >= 15 is 0 Å². The van der Waals surface area contributed by atoms with Gasteiger partial charge in [0.15, 0.2) is 5.76 Å². The van der Waals surface area contributed by atoms with Crippen molar-refractivity contribution < 1.29 is 9.52 Å². The molecular weight excluding hydrogens is 256 g/mol. The first-order valence-corrected chi connectivity index (χ1v) is 6.18. The normalized spacial score (nSPS) is 19.5. The largest absolute Gasteiger partial charge is 0.465 e. The average molecular weight is 271 g/mol. The van der Waals surface area contributed by atoms with Gasteiger partial charge in [-0.25, -0.2) is 0 Å². The van der Waals surface area contributed by atoms with Crippen molar-refractivity contribution in [2.75, 3.05) is 0 Å². The summed E-state index contributed by atoms with van der Waals surface area (Å²) in [6.45, 7) is 0. The molecule has 1 atom stereocenters. The van der Waals surface area contributed by atoms with E-state index in [-0.39, 0.29) is 0 Å². The molecule has 1 heterocycles. The summed E-state index contributed by atoms with van der Waals surface area (Å²) in [6.07, 6.45) is 8.89. The summed E-state index contributed by atoms with van der Waals surface area (Å²) < 4.78 is 6.13. The minimum atomic E-state index is -0.576. The predicted molar refractivity (Wildman–Crippen MR) is 62.5 cm³/mol. The molecule has 0 spiro atoms. The predicted octanol–water partition coefficient (Wildman–Crippen LogP) is 3.97. The van der Waals surface area contributed by atoms with E-state index < -0.39 is 6.10 Å². The summed E-state index contributed by atoms with van der Waals surface area (Å²) in [6, 6.07) is 1.82. The van der Waals surface area contributed by atoms with E-state index in [1.165, 1.54) is 19.3 Å². The van der Waals surface area contributed by atoms with Gasteiger partial charge in [0.25, 0.3) is 0 Å². The Morgan fingerprint density at radius 2 is 2.20 bits per heavy atom. The zero-order valence-corrected chi connectivity index (χ0v) is 10.2. The SMILES string of the molecule is OC(C1=CCCCCC1)c1occc1Br. The molecule has 82 valence electrons. The van der Waals surface area contributed by atoms with E-state index in [2.05, 4.69) is 22.0 Å². The van der Waals surface area contributed by atoms with Crippen molar-refractivity contribution in [2.45, 2.75) is 38.2 Å². The summed E-state index contributed by atoms with van der Waals surface area (Å²) in [4.78, 5) is 0. The van der Waals surface area contributed by atoms with Crippen LogP contribution in [0.1, 0.15) is 44.0 Å². The lowest BCUT2D eigenvalue weighted by molar-refractivity contribution is 0.179. The summed E-state index contributed by atoms with van der Waals surface area (Å²) in [7, 11) is 0. The van der Waals surface area contributed by atoms with Crippen molar-refractivity contribution in [1.29, 1.82) is 0 Å². The third kappa shape index (κ3) is 2.52. The molecule has 15 heavy (non-hydrogen) atoms. The van der Waals surface area contributed by atoms with Gasteiger partial charge in [-0.2, -0.15) is 0 Å². The molecule has 1 N–H and O–H groups in total. The molecular formula is C12H15BrO2. The van der Waals surface area contributed by atoms with Crippen LogP contribution in [-0.4, -0.2) is 5.11 Å². The fourth-order valence-electron chi connectivity index (χ4n) is 1.96. The number of rotatable bonds is 2. The molecule has 0 saturated carbocycles. The minimum absolute atomic E-state index is 0.576. The molecule has 2 rings (SSSR count). The lowest BCUT2D eigenvalue weighted by Crippen LogP contribution is -2.00. The summed E-state index contributed by atoms with van der Waals surface area (Å²) >= 11 is 3.37. The Hall–Kier alpha value is -0.540. The lowest BCUT2D eigenvalue weighted by atomic mass is 10.0. The van der Waals surface area contributed by atoms with Crippen LogP contribution < -0.4 is 0 Å². The highest BCUT2D eigenvalue weighted by molar-refractivity contribution is 9.10. The smallest absolute Gasteiger partial charge is 0.150 e. The first-order chi connectivity index (χ1) is 7.29. The van der Waals surface area contributed by atoms with E-state index in [0.29, 0.717) is 5.76 Å². The molecule has 0 aliphatic heterocycles. The first-order valence-electron chi connectivity index (χ1n) is 5.39. The fourth-order valence-corrected chi connectivity index (χ4v) is 2.38. The van der Waals surface area contributed by atoms with Gasteiger partial charge >= 0.3 is 0 Å². The number of aliphatic hydroxyl groups is 1. The van der Waals surface area contributed by atoms with Crippen LogP contribution in [0.4, 0.5) is 0 Å². The van der Waals surface area contributed by atoms with E-state index in [9.17, 15) is 5.11 Å². The van der Waals surface area contributed by atoms with Crippen LogP contribution in [-0.2, 0) is 0 Å². The average Bonchev–Trinajstić information content (AvgIpc) is 2.53. The third-order valence-electron chi connectivity index (χ3n) is 2.82. The second-order valence-electron chi connectivity index (χ2n) is 3.91. The number of halogens is 1. The Morgan fingerprint density at radius 1 is 1.33 bits per heavy atom. The van der Waals surface area contributed by atoms with Gasteiger partial charge in [-0.05, 0) is 53.3 Å². The Labute approximate surface area is 98.1 Å². The quantitative estimate of drug-likeness (QED) is 0.826. The molecule has 0 saturated heterocycles. The van der Waals surface area contributed by atoms with Gasteiger partial charge in [-0.3, -0.25) is 0 Å². The Morgan fingerprint density at radius 3 is 2.93 bits per heavy atom. The first kappa shape index (κ1) is 11.0. The van der Waals surface area contributed by atoms with Crippen LogP contribution in [0.25, 0.3) is 0 Å². The van der Waals surface area contributed by atoms with Gasteiger partial charge < -0.3 is 9.52 Å². The van der Waals surface area contributed by atoms with Crippen LogP contribution in [0, 0.1) is 0 Å². The van der Waals surface area contributed by atoms with E-state index in [1.807, 2.05) is 6.07 Å². The number of allylic oxidation sites excluding steroid dienone is 1. The molecule has 1 aliphatic carbocycles. The van der Waals surface area contributed by atoms with Crippen molar-refractivity contribution in [3.8, 4) is 0 Å². The molecule has 3 heteroatoms. The van der Waals surface area contributed by atoms with E-state index in [4.69, 9.17) is 4.42 Å². The monoisotopic (exact) mass is 270 g/mol. The van der Waals surface area contributed by atoms with Crippen molar-refractivity contribution in [3.63, 3.8) is 0 Å². The van der Waals surface area contributed by atoms with Crippen LogP contribution in [0.5, 0.6) is 0 Å². The maximum absolute atomic E-state index is 10.1. The van der Waals surface area contributed by atoms with Gasteiger partial charge in [0.2, 0.25) is 0 Å². The van der Waals surface area contributed by atoms with Crippen LogP contribution >= 0.6 is 15.9 Å².